The summed E-state index contributed by atoms with van der Waals surface area (Å²) < 4.78 is 5.43. The van der Waals surface area contributed by atoms with Crippen molar-refractivity contribution < 1.29 is 19.4 Å². The number of thiazole rings is 1. The Hall–Kier alpha value is -2.41. The molecule has 1 saturated heterocycles. The van der Waals surface area contributed by atoms with Crippen molar-refractivity contribution in [3.63, 3.8) is 0 Å². The van der Waals surface area contributed by atoms with Crippen LogP contribution >= 0.6 is 11.3 Å². The van der Waals surface area contributed by atoms with Crippen molar-refractivity contribution in [3.05, 3.63) is 35.3 Å². The maximum atomic E-state index is 12.8. The fraction of sp³-hybridized carbons (Fsp3) is 0.421. The van der Waals surface area contributed by atoms with Gasteiger partial charge in [-0.3, -0.25) is 9.59 Å². The third kappa shape index (κ3) is 3.88. The number of carbonyl (C=O) groups is 2. The fourth-order valence-corrected chi connectivity index (χ4v) is 3.90. The van der Waals surface area contributed by atoms with E-state index in [1.54, 1.807) is 10.3 Å². The maximum Gasteiger partial charge on any atom is 0.308 e. The summed E-state index contributed by atoms with van der Waals surface area (Å²) in [6.07, 6.45) is 1.30. The number of aromatic nitrogens is 1. The van der Waals surface area contributed by atoms with Gasteiger partial charge in [-0.2, -0.15) is 0 Å². The van der Waals surface area contributed by atoms with Gasteiger partial charge in [-0.15, -0.1) is 11.3 Å². The van der Waals surface area contributed by atoms with E-state index in [1.807, 2.05) is 38.1 Å². The first-order valence-corrected chi connectivity index (χ1v) is 9.60. The first-order valence-electron chi connectivity index (χ1n) is 8.72. The number of carbonyl (C=O) groups excluding carboxylic acids is 1. The van der Waals surface area contributed by atoms with Gasteiger partial charge < -0.3 is 14.7 Å². The lowest BCUT2D eigenvalue weighted by molar-refractivity contribution is -0.143. The fourth-order valence-electron chi connectivity index (χ4n) is 3.10. The van der Waals surface area contributed by atoms with Crippen molar-refractivity contribution in [2.45, 2.75) is 32.7 Å². The summed E-state index contributed by atoms with van der Waals surface area (Å²) in [5.41, 5.74) is 1.30. The number of benzene rings is 1. The van der Waals surface area contributed by atoms with Crippen LogP contribution in [0.3, 0.4) is 0 Å². The van der Waals surface area contributed by atoms with Crippen LogP contribution in [0.25, 0.3) is 10.6 Å². The van der Waals surface area contributed by atoms with E-state index in [2.05, 4.69) is 4.98 Å². The Morgan fingerprint density at radius 1 is 1.31 bits per heavy atom. The van der Waals surface area contributed by atoms with Crippen molar-refractivity contribution in [1.29, 1.82) is 0 Å². The molecule has 1 N–H and O–H groups in total. The molecule has 0 aliphatic carbocycles. The number of ether oxygens (including phenoxy) is 1. The van der Waals surface area contributed by atoms with Gasteiger partial charge in [-0.25, -0.2) is 4.98 Å². The van der Waals surface area contributed by atoms with Crippen molar-refractivity contribution in [2.75, 3.05) is 13.2 Å². The summed E-state index contributed by atoms with van der Waals surface area (Å²) in [7, 11) is 0. The molecule has 2 unspecified atom stereocenters. The summed E-state index contributed by atoms with van der Waals surface area (Å²) in [5, 5.41) is 11.7. The van der Waals surface area contributed by atoms with Gasteiger partial charge >= 0.3 is 5.97 Å². The molecule has 0 spiro atoms. The quantitative estimate of drug-likeness (QED) is 0.866. The van der Waals surface area contributed by atoms with Crippen molar-refractivity contribution in [2.24, 2.45) is 5.92 Å². The van der Waals surface area contributed by atoms with E-state index in [4.69, 9.17) is 4.74 Å². The molecule has 1 aromatic carbocycles. The molecule has 2 aromatic rings. The van der Waals surface area contributed by atoms with Crippen LogP contribution in [-0.2, 0) is 4.79 Å². The molecule has 0 saturated carbocycles. The highest BCUT2D eigenvalue weighted by atomic mass is 32.1. The van der Waals surface area contributed by atoms with Crippen LogP contribution in [0.5, 0.6) is 5.75 Å². The molecule has 1 fully saturated rings. The van der Waals surface area contributed by atoms with Crippen LogP contribution in [0.4, 0.5) is 0 Å². The number of carboxylic acid groups (broad SMARTS) is 1. The first kappa shape index (κ1) is 18.4. The largest absolute Gasteiger partial charge is 0.494 e. The van der Waals surface area contributed by atoms with Crippen LogP contribution in [0.2, 0.25) is 0 Å². The minimum absolute atomic E-state index is 0.0220. The van der Waals surface area contributed by atoms with E-state index < -0.39 is 11.9 Å². The number of carboxylic acids is 1. The minimum atomic E-state index is -0.844. The van der Waals surface area contributed by atoms with Gasteiger partial charge in [0.1, 0.15) is 16.5 Å². The standard InChI is InChI=1S/C19H22N2O4S/c1-3-25-15-8-6-13(7-9-15)17-20-16(11-26-17)18(22)21-10-14(19(23)24)5-4-12(21)2/h6-9,11-12,14H,3-5,10H2,1-2H3,(H,23,24). The molecule has 6 nitrogen and oxygen atoms in total. The molecule has 2 heterocycles. The number of amides is 1. The molecule has 2 atom stereocenters. The highest BCUT2D eigenvalue weighted by molar-refractivity contribution is 7.13. The Kier molecular flexibility index (Phi) is 5.56. The Morgan fingerprint density at radius 2 is 2.04 bits per heavy atom. The number of piperidine rings is 1. The summed E-state index contributed by atoms with van der Waals surface area (Å²) >= 11 is 1.41. The first-order chi connectivity index (χ1) is 12.5. The highest BCUT2D eigenvalue weighted by Gasteiger charge is 2.33. The van der Waals surface area contributed by atoms with E-state index in [0.717, 1.165) is 16.3 Å². The molecule has 0 bridgehead atoms. The topological polar surface area (TPSA) is 79.7 Å². The summed E-state index contributed by atoms with van der Waals surface area (Å²) in [6, 6.07) is 7.62. The number of likely N-dealkylation sites (tertiary alicyclic amines) is 1. The lowest BCUT2D eigenvalue weighted by Gasteiger charge is -2.36. The van der Waals surface area contributed by atoms with Crippen molar-refractivity contribution in [3.8, 4) is 16.3 Å². The Bertz CT molecular complexity index is 787. The number of hydrogen-bond donors (Lipinski definition) is 1. The molecule has 1 aliphatic rings. The second-order valence-electron chi connectivity index (χ2n) is 6.41. The predicted molar refractivity (Wildman–Crippen MR) is 99.6 cm³/mol. The van der Waals surface area contributed by atoms with Crippen LogP contribution in [0.1, 0.15) is 37.2 Å². The van der Waals surface area contributed by atoms with Crippen molar-refractivity contribution >= 4 is 23.2 Å². The van der Waals surface area contributed by atoms with Gasteiger partial charge in [-0.1, -0.05) is 0 Å². The van der Waals surface area contributed by atoms with Gasteiger partial charge in [0.25, 0.3) is 5.91 Å². The monoisotopic (exact) mass is 374 g/mol. The molecule has 1 amide bonds. The number of nitrogens with zero attached hydrogens (tertiary/aromatic N) is 2. The zero-order valence-corrected chi connectivity index (χ0v) is 15.7. The molecule has 1 aliphatic heterocycles. The Morgan fingerprint density at radius 3 is 2.69 bits per heavy atom. The van der Waals surface area contributed by atoms with Gasteiger partial charge in [0.2, 0.25) is 0 Å². The Labute approximate surface area is 156 Å². The molecule has 0 radical (unpaired) electrons. The van der Waals surface area contributed by atoms with E-state index >= 15 is 0 Å². The van der Waals surface area contributed by atoms with Crippen LogP contribution < -0.4 is 4.74 Å². The van der Waals surface area contributed by atoms with Crippen LogP contribution in [0.15, 0.2) is 29.6 Å². The lowest BCUT2D eigenvalue weighted by atomic mass is 9.93. The number of hydrogen-bond acceptors (Lipinski definition) is 5. The average Bonchev–Trinajstić information content (AvgIpc) is 3.12. The Balaban J connectivity index is 1.76. The van der Waals surface area contributed by atoms with Gasteiger partial charge in [0, 0.05) is 23.5 Å². The number of aliphatic carboxylic acids is 1. The van der Waals surface area contributed by atoms with Gasteiger partial charge in [-0.05, 0) is 51.0 Å². The lowest BCUT2D eigenvalue weighted by Crippen LogP contribution is -2.47. The van der Waals surface area contributed by atoms with Crippen LogP contribution in [0, 0.1) is 5.92 Å². The van der Waals surface area contributed by atoms with E-state index in [9.17, 15) is 14.7 Å². The number of rotatable bonds is 5. The normalized spacial score (nSPS) is 20.0. The summed E-state index contributed by atoms with van der Waals surface area (Å²) in [6.45, 7) is 4.74. The SMILES string of the molecule is CCOc1ccc(-c2nc(C(=O)N3CC(C(=O)O)CCC3C)cs2)cc1. The van der Waals surface area contributed by atoms with Crippen molar-refractivity contribution in [1.82, 2.24) is 9.88 Å². The maximum absolute atomic E-state index is 12.8. The molecular weight excluding hydrogens is 352 g/mol. The summed E-state index contributed by atoms with van der Waals surface area (Å²) in [5.74, 6) is -0.745. The molecule has 7 heteroatoms. The summed E-state index contributed by atoms with van der Waals surface area (Å²) in [4.78, 5) is 30.2. The van der Waals surface area contributed by atoms with E-state index in [-0.39, 0.29) is 18.5 Å². The van der Waals surface area contributed by atoms with Gasteiger partial charge in [0.05, 0.1) is 12.5 Å². The highest BCUT2D eigenvalue weighted by Crippen LogP contribution is 2.28. The molecule has 1 aromatic heterocycles. The van der Waals surface area contributed by atoms with Crippen LogP contribution in [-0.4, -0.2) is 46.1 Å². The second kappa shape index (κ2) is 7.86. The minimum Gasteiger partial charge on any atom is -0.494 e. The molecule has 138 valence electrons. The van der Waals surface area contributed by atoms with E-state index in [1.165, 1.54) is 11.3 Å². The zero-order chi connectivity index (χ0) is 18.7. The third-order valence-electron chi connectivity index (χ3n) is 4.63. The second-order valence-corrected chi connectivity index (χ2v) is 7.27. The average molecular weight is 374 g/mol. The van der Waals surface area contributed by atoms with Gasteiger partial charge in [0.15, 0.2) is 0 Å². The molecule has 26 heavy (non-hydrogen) atoms. The predicted octanol–water partition coefficient (Wildman–Crippen LogP) is 3.53. The van der Waals surface area contributed by atoms with E-state index in [0.29, 0.717) is 25.1 Å². The molecular formula is C19H22N2O4S. The zero-order valence-electron chi connectivity index (χ0n) is 14.8. The smallest absolute Gasteiger partial charge is 0.308 e. The molecule has 3 rings (SSSR count). The third-order valence-corrected chi connectivity index (χ3v) is 5.52.